The SMILES string of the molecule is C=C1C[C@H]2CCC[C@H](O)C[C@@H](c3coc(/C=C(/C)[C@@H](C)OC)n3)OC(=O)[C@@H](C)C[C@H](C)[C@@H](OP(=O)(O)O)C[C@@H](C1)O2. The minimum atomic E-state index is -4.79. The van der Waals surface area contributed by atoms with Crippen LogP contribution in [0.3, 0.4) is 0 Å². The Morgan fingerprint density at radius 2 is 1.90 bits per heavy atom. The third-order valence-electron chi connectivity index (χ3n) is 7.97. The van der Waals surface area contributed by atoms with E-state index in [4.69, 9.17) is 23.2 Å². The monoisotopic (exact) mass is 599 g/mol. The van der Waals surface area contributed by atoms with Gasteiger partial charge in [0.1, 0.15) is 18.1 Å². The zero-order valence-electron chi connectivity index (χ0n) is 24.7. The van der Waals surface area contributed by atoms with Gasteiger partial charge in [-0.2, -0.15) is 0 Å². The average Bonchev–Trinajstić information content (AvgIpc) is 3.34. The van der Waals surface area contributed by atoms with Crippen molar-refractivity contribution in [3.63, 3.8) is 0 Å². The van der Waals surface area contributed by atoms with Gasteiger partial charge in [0, 0.05) is 26.0 Å². The van der Waals surface area contributed by atoms with Gasteiger partial charge in [0.2, 0.25) is 5.89 Å². The number of carbonyl (C=O) groups is 1. The Kier molecular flexibility index (Phi) is 12.4. The van der Waals surface area contributed by atoms with Crippen molar-refractivity contribution in [2.75, 3.05) is 7.11 Å². The van der Waals surface area contributed by atoms with Gasteiger partial charge in [0.05, 0.1) is 36.4 Å². The number of carbonyl (C=O) groups excluding carboxylic acids is 1. The number of rotatable bonds is 6. The Bertz CT molecular complexity index is 1100. The van der Waals surface area contributed by atoms with E-state index < -0.39 is 43.9 Å². The van der Waals surface area contributed by atoms with Crippen molar-refractivity contribution in [2.45, 2.75) is 116 Å². The molecule has 2 aliphatic rings. The lowest BCUT2D eigenvalue weighted by molar-refractivity contribution is -0.156. The fraction of sp³-hybridized carbons (Fsp3) is 0.724. The molecule has 0 saturated carbocycles. The summed E-state index contributed by atoms with van der Waals surface area (Å²) in [6.45, 7) is 11.4. The molecule has 11 nitrogen and oxygen atoms in total. The van der Waals surface area contributed by atoms with Crippen molar-refractivity contribution in [1.82, 2.24) is 4.98 Å². The summed E-state index contributed by atoms with van der Waals surface area (Å²) in [6.07, 6.45) is 3.96. The number of oxazole rings is 1. The zero-order chi connectivity index (χ0) is 30.3. The van der Waals surface area contributed by atoms with Crippen LogP contribution in [0.15, 0.2) is 28.4 Å². The molecule has 12 heteroatoms. The number of methoxy groups -OCH3 is 1. The van der Waals surface area contributed by atoms with Crippen molar-refractivity contribution in [1.29, 1.82) is 0 Å². The van der Waals surface area contributed by atoms with E-state index in [1.165, 1.54) is 6.26 Å². The molecule has 1 aromatic rings. The van der Waals surface area contributed by atoms with Gasteiger partial charge in [-0.25, -0.2) is 9.55 Å². The minimum absolute atomic E-state index is 0.109. The molecular formula is C29H46NO10P. The summed E-state index contributed by atoms with van der Waals surface area (Å²) in [5.41, 5.74) is 2.30. The van der Waals surface area contributed by atoms with Gasteiger partial charge in [-0.15, -0.1) is 0 Å². The maximum absolute atomic E-state index is 13.2. The number of nitrogens with zero attached hydrogens (tertiary/aromatic N) is 1. The molecule has 2 bridgehead atoms. The van der Waals surface area contributed by atoms with Crippen LogP contribution in [0.25, 0.3) is 6.08 Å². The number of ether oxygens (including phenoxy) is 3. The Morgan fingerprint density at radius 3 is 2.59 bits per heavy atom. The second-order valence-electron chi connectivity index (χ2n) is 11.6. The fourth-order valence-corrected chi connectivity index (χ4v) is 6.12. The van der Waals surface area contributed by atoms with Crippen molar-refractivity contribution >= 4 is 19.9 Å². The van der Waals surface area contributed by atoms with E-state index in [1.807, 2.05) is 13.8 Å². The van der Waals surface area contributed by atoms with Crippen LogP contribution in [0.5, 0.6) is 0 Å². The van der Waals surface area contributed by atoms with E-state index in [2.05, 4.69) is 11.6 Å². The quantitative estimate of drug-likeness (QED) is 0.222. The smallest absolute Gasteiger partial charge is 0.455 e. The highest BCUT2D eigenvalue weighted by Gasteiger charge is 2.35. The third kappa shape index (κ3) is 10.7. The van der Waals surface area contributed by atoms with Crippen LogP contribution >= 0.6 is 7.82 Å². The number of aliphatic hydroxyl groups is 1. The predicted octanol–water partition coefficient (Wildman–Crippen LogP) is 5.27. The Hall–Kier alpha value is -1.85. The van der Waals surface area contributed by atoms with Gasteiger partial charge < -0.3 is 33.5 Å². The molecule has 3 rings (SSSR count). The lowest BCUT2D eigenvalue weighted by Gasteiger charge is -2.35. The lowest BCUT2D eigenvalue weighted by Crippen LogP contribution is -2.35. The summed E-state index contributed by atoms with van der Waals surface area (Å²) in [4.78, 5) is 36.9. The first-order valence-corrected chi connectivity index (χ1v) is 15.9. The van der Waals surface area contributed by atoms with E-state index >= 15 is 0 Å². The molecule has 0 spiro atoms. The van der Waals surface area contributed by atoms with E-state index in [1.54, 1.807) is 27.0 Å². The second kappa shape index (κ2) is 15.0. The summed E-state index contributed by atoms with van der Waals surface area (Å²) >= 11 is 0. The van der Waals surface area contributed by atoms with Crippen LogP contribution in [0.4, 0.5) is 0 Å². The van der Waals surface area contributed by atoms with Crippen molar-refractivity contribution in [3.05, 3.63) is 35.6 Å². The number of aromatic nitrogens is 1. The number of fused-ring (bicyclic) bond motifs is 2. The number of phosphoric ester groups is 1. The maximum atomic E-state index is 13.2. The Morgan fingerprint density at radius 1 is 1.20 bits per heavy atom. The third-order valence-corrected chi connectivity index (χ3v) is 8.52. The molecule has 2 fully saturated rings. The van der Waals surface area contributed by atoms with Gasteiger partial charge in [-0.3, -0.25) is 9.32 Å². The summed E-state index contributed by atoms with van der Waals surface area (Å²) < 4.78 is 40.1. The number of phosphoric acid groups is 1. The molecule has 2 saturated heterocycles. The summed E-state index contributed by atoms with van der Waals surface area (Å²) in [6, 6.07) is 0. The highest BCUT2D eigenvalue weighted by atomic mass is 31.2. The normalized spacial score (nSPS) is 32.4. The molecule has 2 aliphatic heterocycles. The van der Waals surface area contributed by atoms with Crippen LogP contribution in [0.2, 0.25) is 0 Å². The standard InChI is InChI=1S/C29H46NO10P/c1-17-10-23-9-7-8-22(31)14-27(25-16-37-28(30-25)13-18(2)21(5)36-6)39-29(32)20(4)12-19(3)26(40-41(33,34)35)15-24(11-17)38-23/h13,16,19-24,26-27,31H,1,7-12,14-15H2,2-6H3,(H2,33,34,35)/b18-13-/t19-,20-,21+,22-,23+,24+,26-,27-/m0/s1. The van der Waals surface area contributed by atoms with Crippen molar-refractivity contribution in [2.24, 2.45) is 11.8 Å². The average molecular weight is 600 g/mol. The molecule has 232 valence electrons. The molecule has 0 radical (unpaired) electrons. The number of hydrogen-bond donors (Lipinski definition) is 3. The van der Waals surface area contributed by atoms with Gasteiger partial charge >= 0.3 is 13.8 Å². The van der Waals surface area contributed by atoms with Crippen LogP contribution in [0, 0.1) is 11.8 Å². The molecule has 8 atom stereocenters. The van der Waals surface area contributed by atoms with E-state index in [0.717, 1.165) is 11.1 Å². The number of aliphatic hydroxyl groups excluding tert-OH is 1. The molecule has 0 aliphatic carbocycles. The molecule has 1 aromatic heterocycles. The fourth-order valence-electron chi connectivity index (χ4n) is 5.47. The van der Waals surface area contributed by atoms with Crippen LogP contribution < -0.4 is 0 Å². The van der Waals surface area contributed by atoms with Gasteiger partial charge in [-0.05, 0) is 63.9 Å². The number of hydrogen-bond acceptors (Lipinski definition) is 9. The summed E-state index contributed by atoms with van der Waals surface area (Å²) in [7, 11) is -3.18. The molecule has 0 aromatic carbocycles. The second-order valence-corrected chi connectivity index (χ2v) is 12.8. The Balaban J connectivity index is 1.85. The lowest BCUT2D eigenvalue weighted by atomic mass is 9.87. The summed E-state index contributed by atoms with van der Waals surface area (Å²) in [5, 5.41) is 10.9. The Labute approximate surface area is 242 Å². The van der Waals surface area contributed by atoms with E-state index in [0.29, 0.717) is 43.7 Å². The van der Waals surface area contributed by atoms with Gasteiger partial charge in [-0.1, -0.05) is 26.0 Å². The van der Waals surface area contributed by atoms with Crippen molar-refractivity contribution < 1.29 is 47.4 Å². The van der Waals surface area contributed by atoms with E-state index in [9.17, 15) is 24.3 Å². The highest BCUT2D eigenvalue weighted by molar-refractivity contribution is 7.46. The molecule has 41 heavy (non-hydrogen) atoms. The highest BCUT2D eigenvalue weighted by Crippen LogP contribution is 2.43. The van der Waals surface area contributed by atoms with Gasteiger partial charge in [0.15, 0.2) is 0 Å². The largest absolute Gasteiger partial charge is 0.469 e. The topological polar surface area (TPSA) is 158 Å². The molecule has 3 N–H and O–H groups in total. The summed E-state index contributed by atoms with van der Waals surface area (Å²) in [5.74, 6) is -1.19. The number of esters is 1. The first kappa shape index (κ1) is 33.6. The van der Waals surface area contributed by atoms with Crippen LogP contribution in [-0.2, 0) is 28.1 Å². The van der Waals surface area contributed by atoms with Crippen molar-refractivity contribution in [3.8, 4) is 0 Å². The molecule has 3 heterocycles. The molecule has 0 unspecified atom stereocenters. The first-order chi connectivity index (χ1) is 19.2. The van der Waals surface area contributed by atoms with Crippen LogP contribution in [-0.4, -0.2) is 63.5 Å². The van der Waals surface area contributed by atoms with Gasteiger partial charge in [0.25, 0.3) is 0 Å². The molecular weight excluding hydrogens is 553 g/mol. The van der Waals surface area contributed by atoms with E-state index in [-0.39, 0.29) is 37.6 Å². The number of cyclic esters (lactones) is 1. The maximum Gasteiger partial charge on any atom is 0.469 e. The zero-order valence-corrected chi connectivity index (χ0v) is 25.6. The van der Waals surface area contributed by atoms with Crippen LogP contribution in [0.1, 0.15) is 96.8 Å². The first-order valence-electron chi connectivity index (χ1n) is 14.3. The molecule has 0 amide bonds. The predicted molar refractivity (Wildman–Crippen MR) is 151 cm³/mol. The minimum Gasteiger partial charge on any atom is -0.455 e.